The van der Waals surface area contributed by atoms with Gasteiger partial charge in [0.05, 0.1) is 6.20 Å². The average Bonchev–Trinajstić information content (AvgIpc) is 3.50. The molecule has 0 saturated carbocycles. The zero-order valence-corrected chi connectivity index (χ0v) is 22.2. The van der Waals surface area contributed by atoms with Crippen molar-refractivity contribution < 1.29 is 23.9 Å². The van der Waals surface area contributed by atoms with E-state index in [2.05, 4.69) is 30.7 Å². The minimum Gasteiger partial charge on any atom is -0.465 e. The standard InChI is InChI=1S/C23H27Cl2N7O5/c1-5-8-22(3,4)23(32(10-6-2)21(35)36,17(33)18(34)28-16-7-9-26-29-16)20-31-30-19(37-20)13-11-14(24)27-15(25)12-13/h7,9,11-12H,5-6,8,10H2,1-4H3,(H,35,36)(H2,26,28,29,34)/t23-/m0/s1. The maximum atomic E-state index is 14.2. The molecule has 1 atom stereocenters. The van der Waals surface area contributed by atoms with Gasteiger partial charge in [-0.2, -0.15) is 5.10 Å². The van der Waals surface area contributed by atoms with Crippen LogP contribution in [0, 0.1) is 5.41 Å². The first-order valence-electron chi connectivity index (χ1n) is 11.5. The number of hydrogen-bond acceptors (Lipinski definition) is 8. The Bertz CT molecular complexity index is 1260. The predicted octanol–water partition coefficient (Wildman–Crippen LogP) is 4.78. The number of carbonyl (C=O) groups is 3. The fourth-order valence-corrected chi connectivity index (χ4v) is 4.94. The zero-order valence-electron chi connectivity index (χ0n) is 20.7. The summed E-state index contributed by atoms with van der Waals surface area (Å²) in [5, 5.41) is 27.3. The number of aromatic amines is 1. The van der Waals surface area contributed by atoms with Crippen LogP contribution in [0.4, 0.5) is 10.6 Å². The molecule has 37 heavy (non-hydrogen) atoms. The minimum absolute atomic E-state index is 0.0629. The van der Waals surface area contributed by atoms with Crippen LogP contribution < -0.4 is 5.32 Å². The van der Waals surface area contributed by atoms with Gasteiger partial charge in [0, 0.05) is 23.6 Å². The van der Waals surface area contributed by atoms with Gasteiger partial charge in [0.25, 0.3) is 17.6 Å². The highest BCUT2D eigenvalue weighted by molar-refractivity contribution is 6.43. The number of H-pyrrole nitrogens is 1. The summed E-state index contributed by atoms with van der Waals surface area (Å²) < 4.78 is 5.97. The van der Waals surface area contributed by atoms with Crippen LogP contribution in [0.3, 0.4) is 0 Å². The number of halogens is 2. The van der Waals surface area contributed by atoms with Crippen molar-refractivity contribution in [3.05, 3.63) is 40.6 Å². The summed E-state index contributed by atoms with van der Waals surface area (Å²) in [7, 11) is 0. The Morgan fingerprint density at radius 1 is 1.14 bits per heavy atom. The molecule has 2 amide bonds. The van der Waals surface area contributed by atoms with Gasteiger partial charge >= 0.3 is 6.09 Å². The molecule has 0 saturated heterocycles. The fraction of sp³-hybridized carbons (Fsp3) is 0.435. The minimum atomic E-state index is -2.18. The molecule has 0 aliphatic heterocycles. The first-order valence-corrected chi connectivity index (χ1v) is 12.3. The van der Waals surface area contributed by atoms with Crippen molar-refractivity contribution in [1.82, 2.24) is 30.3 Å². The maximum Gasteiger partial charge on any atom is 0.408 e. The second kappa shape index (κ2) is 11.3. The summed E-state index contributed by atoms with van der Waals surface area (Å²) in [5.74, 6) is -2.44. The third-order valence-electron chi connectivity index (χ3n) is 5.97. The van der Waals surface area contributed by atoms with E-state index in [0.29, 0.717) is 24.8 Å². The quantitative estimate of drug-likeness (QED) is 0.224. The van der Waals surface area contributed by atoms with Crippen molar-refractivity contribution >= 4 is 46.8 Å². The van der Waals surface area contributed by atoms with Crippen LogP contribution in [0.1, 0.15) is 52.8 Å². The molecule has 3 aromatic heterocycles. The van der Waals surface area contributed by atoms with Gasteiger partial charge in [-0.05, 0) is 25.0 Å². The van der Waals surface area contributed by atoms with Crippen molar-refractivity contribution in [2.24, 2.45) is 5.41 Å². The van der Waals surface area contributed by atoms with E-state index >= 15 is 0 Å². The number of aromatic nitrogens is 5. The molecule has 3 N–H and O–H groups in total. The normalized spacial score (nSPS) is 13.1. The molecule has 0 aromatic carbocycles. The van der Waals surface area contributed by atoms with Crippen LogP contribution >= 0.6 is 23.2 Å². The Labute approximate surface area is 222 Å². The lowest BCUT2D eigenvalue weighted by molar-refractivity contribution is -0.151. The van der Waals surface area contributed by atoms with E-state index in [1.165, 1.54) is 24.4 Å². The van der Waals surface area contributed by atoms with Crippen molar-refractivity contribution in [3.63, 3.8) is 0 Å². The Hall–Kier alpha value is -3.51. The Morgan fingerprint density at radius 3 is 2.35 bits per heavy atom. The molecule has 14 heteroatoms. The summed E-state index contributed by atoms with van der Waals surface area (Å²) >= 11 is 12.0. The topological polar surface area (TPSA) is 167 Å². The first-order chi connectivity index (χ1) is 17.5. The lowest BCUT2D eigenvalue weighted by Crippen LogP contribution is -2.64. The summed E-state index contributed by atoms with van der Waals surface area (Å²) in [4.78, 5) is 44.9. The van der Waals surface area contributed by atoms with Crippen molar-refractivity contribution in [2.45, 2.75) is 52.5 Å². The second-order valence-electron chi connectivity index (χ2n) is 8.95. The number of Topliss-reactive ketones (excluding diaryl/α,β-unsaturated/α-hetero) is 1. The molecule has 3 heterocycles. The van der Waals surface area contributed by atoms with E-state index in [9.17, 15) is 19.5 Å². The largest absolute Gasteiger partial charge is 0.465 e. The van der Waals surface area contributed by atoms with Crippen LogP contribution in [-0.4, -0.2) is 59.7 Å². The Kier molecular flexibility index (Phi) is 8.54. The van der Waals surface area contributed by atoms with E-state index in [1.807, 2.05) is 6.92 Å². The van der Waals surface area contributed by atoms with E-state index in [-0.39, 0.29) is 34.5 Å². The number of carbonyl (C=O) groups excluding carboxylic acids is 2. The number of ketones is 1. The van der Waals surface area contributed by atoms with Crippen LogP contribution in [0.5, 0.6) is 0 Å². The average molecular weight is 552 g/mol. The van der Waals surface area contributed by atoms with Crippen LogP contribution in [0.15, 0.2) is 28.8 Å². The summed E-state index contributed by atoms with van der Waals surface area (Å²) in [6.07, 6.45) is 1.23. The highest BCUT2D eigenvalue weighted by Gasteiger charge is 2.63. The van der Waals surface area contributed by atoms with Crippen LogP contribution in [0.2, 0.25) is 10.3 Å². The van der Waals surface area contributed by atoms with Gasteiger partial charge in [-0.3, -0.25) is 19.6 Å². The highest BCUT2D eigenvalue weighted by Crippen LogP contribution is 2.49. The summed E-state index contributed by atoms with van der Waals surface area (Å²) in [5.41, 5.74) is -3.05. The first kappa shape index (κ1) is 28.1. The number of nitrogens with zero attached hydrogens (tertiary/aromatic N) is 5. The van der Waals surface area contributed by atoms with E-state index in [0.717, 1.165) is 4.90 Å². The molecule has 0 radical (unpaired) electrons. The monoisotopic (exact) mass is 551 g/mol. The molecule has 12 nitrogen and oxygen atoms in total. The van der Waals surface area contributed by atoms with Gasteiger partial charge in [0.1, 0.15) is 16.1 Å². The predicted molar refractivity (Wildman–Crippen MR) is 135 cm³/mol. The molecule has 0 unspecified atom stereocenters. The van der Waals surface area contributed by atoms with Gasteiger partial charge in [-0.15, -0.1) is 10.2 Å². The molecular weight excluding hydrogens is 525 g/mol. The third kappa shape index (κ3) is 5.44. The molecule has 198 valence electrons. The lowest BCUT2D eigenvalue weighted by atomic mass is 9.65. The number of rotatable bonds is 11. The maximum absolute atomic E-state index is 14.2. The zero-order chi connectivity index (χ0) is 27.4. The SMILES string of the molecule is CCCN(C(=O)O)[C@@](C(=O)C(=O)Nc1ccn[nH]1)(c1nnc(-c2cc(Cl)nc(Cl)c2)o1)C(C)(C)CCC. The molecular formula is C23H27Cl2N7O5. The Morgan fingerprint density at radius 2 is 1.81 bits per heavy atom. The van der Waals surface area contributed by atoms with Crippen LogP contribution in [-0.2, 0) is 15.1 Å². The molecule has 0 bridgehead atoms. The molecule has 3 aromatic rings. The summed E-state index contributed by atoms with van der Waals surface area (Å²) in [6.45, 7) is 6.92. The smallest absolute Gasteiger partial charge is 0.408 e. The third-order valence-corrected chi connectivity index (χ3v) is 6.35. The molecule has 3 rings (SSSR count). The van der Waals surface area contributed by atoms with Crippen LogP contribution in [0.25, 0.3) is 11.5 Å². The summed E-state index contributed by atoms with van der Waals surface area (Å²) in [6, 6.07) is 4.31. The van der Waals surface area contributed by atoms with Gasteiger partial charge in [-0.25, -0.2) is 9.78 Å². The van der Waals surface area contributed by atoms with E-state index in [4.69, 9.17) is 27.6 Å². The fourth-order valence-electron chi connectivity index (χ4n) is 4.48. The number of pyridine rings is 1. The van der Waals surface area contributed by atoms with Crippen molar-refractivity contribution in [2.75, 3.05) is 11.9 Å². The van der Waals surface area contributed by atoms with E-state index < -0.39 is 28.7 Å². The van der Waals surface area contributed by atoms with Gasteiger partial charge in [0.2, 0.25) is 5.89 Å². The van der Waals surface area contributed by atoms with Gasteiger partial charge < -0.3 is 14.8 Å². The van der Waals surface area contributed by atoms with E-state index in [1.54, 1.807) is 20.8 Å². The second-order valence-corrected chi connectivity index (χ2v) is 9.72. The molecule has 0 spiro atoms. The van der Waals surface area contributed by atoms with Gasteiger partial charge in [0.15, 0.2) is 5.54 Å². The lowest BCUT2D eigenvalue weighted by Gasteiger charge is -2.48. The molecule has 0 fully saturated rings. The number of nitrogens with one attached hydrogen (secondary N) is 2. The molecule has 0 aliphatic rings. The van der Waals surface area contributed by atoms with Crippen molar-refractivity contribution in [1.29, 1.82) is 0 Å². The van der Waals surface area contributed by atoms with Gasteiger partial charge in [-0.1, -0.05) is 57.3 Å². The Balaban J connectivity index is 2.29. The number of hydrogen-bond donors (Lipinski definition) is 3. The van der Waals surface area contributed by atoms with Crippen molar-refractivity contribution in [3.8, 4) is 11.5 Å². The number of amides is 2. The number of anilines is 1. The molecule has 0 aliphatic carbocycles. The number of carboxylic acid groups (broad SMARTS) is 1. The highest BCUT2D eigenvalue weighted by atomic mass is 35.5.